The van der Waals surface area contributed by atoms with E-state index in [0.717, 1.165) is 23.7 Å². The van der Waals surface area contributed by atoms with E-state index in [4.69, 9.17) is 0 Å². The summed E-state index contributed by atoms with van der Waals surface area (Å²) in [5.41, 5.74) is 0. The van der Waals surface area contributed by atoms with Crippen molar-refractivity contribution in [3.05, 3.63) is 0 Å². The first-order valence-electron chi connectivity index (χ1n) is 34.1. The van der Waals surface area contributed by atoms with Crippen molar-refractivity contribution in [1.29, 1.82) is 0 Å². The van der Waals surface area contributed by atoms with E-state index >= 15 is 0 Å². The fraction of sp³-hybridized carbons (Fsp3) is 1.00. The molecule has 396 valence electrons. The van der Waals surface area contributed by atoms with Gasteiger partial charge in [0.25, 0.3) is 0 Å². The van der Waals surface area contributed by atoms with E-state index < -0.39 is 0 Å². The van der Waals surface area contributed by atoms with E-state index in [1.54, 1.807) is 250 Å². The van der Waals surface area contributed by atoms with Crippen LogP contribution < -0.4 is 0 Å². The summed E-state index contributed by atoms with van der Waals surface area (Å²) in [5, 5.41) is 0. The van der Waals surface area contributed by atoms with Crippen LogP contribution in [0.5, 0.6) is 0 Å². The molecule has 10 bridgehead atoms. The Labute approximate surface area is 431 Å². The van der Waals surface area contributed by atoms with E-state index in [-0.39, 0.29) is 0 Å². The van der Waals surface area contributed by atoms with Crippen molar-refractivity contribution in [2.75, 3.05) is 0 Å². The second kappa shape index (κ2) is 27.7. The monoisotopic (exact) mass is 949 g/mol. The molecular formula is C69H120. The Balaban J connectivity index is 0.0000000902. The lowest BCUT2D eigenvalue weighted by Crippen LogP contribution is -2.28. The smallest absolute Gasteiger partial charge is 0.0383 e. The molecule has 69 heavy (non-hydrogen) atoms. The lowest BCUT2D eigenvalue weighted by molar-refractivity contribution is 0.115. The molecule has 21 aliphatic carbocycles. The highest BCUT2D eigenvalue weighted by molar-refractivity contribution is 4.90. The number of fused-ring (bicyclic) bond motifs is 16. The summed E-state index contributed by atoms with van der Waals surface area (Å²) in [6.45, 7) is 0. The van der Waals surface area contributed by atoms with Crippen molar-refractivity contribution < 1.29 is 0 Å². The molecule has 21 fully saturated rings. The van der Waals surface area contributed by atoms with Gasteiger partial charge >= 0.3 is 0 Å². The fourth-order valence-electron chi connectivity index (χ4n) is 19.9. The minimum absolute atomic E-state index is 1.15. The van der Waals surface area contributed by atoms with Gasteiger partial charge < -0.3 is 0 Å². The molecule has 0 spiro atoms. The first-order valence-corrected chi connectivity index (χ1v) is 34.1. The third-order valence-electron chi connectivity index (χ3n) is 25.2. The number of hydrogen-bond donors (Lipinski definition) is 0. The normalized spacial score (nSPS) is 45.9. The molecule has 21 saturated carbocycles. The second-order valence-corrected chi connectivity index (χ2v) is 29.9. The van der Waals surface area contributed by atoms with Crippen molar-refractivity contribution >= 4 is 0 Å². The molecule has 0 aromatic rings. The average molecular weight is 950 g/mol. The van der Waals surface area contributed by atoms with E-state index in [9.17, 15) is 0 Å². The van der Waals surface area contributed by atoms with E-state index in [2.05, 4.69) is 0 Å². The Hall–Kier alpha value is 0. The third-order valence-corrected chi connectivity index (χ3v) is 25.2. The van der Waals surface area contributed by atoms with Gasteiger partial charge in [-0.3, -0.25) is 0 Å². The fourth-order valence-corrected chi connectivity index (χ4v) is 19.9. The van der Waals surface area contributed by atoms with Crippen LogP contribution in [0.2, 0.25) is 0 Å². The molecule has 0 saturated heterocycles. The second-order valence-electron chi connectivity index (χ2n) is 29.9. The molecule has 0 heteroatoms. The van der Waals surface area contributed by atoms with Crippen LogP contribution in [0.4, 0.5) is 0 Å². The molecule has 0 radical (unpaired) electrons. The van der Waals surface area contributed by atoms with Gasteiger partial charge in [-0.25, -0.2) is 0 Å². The Kier molecular flexibility index (Phi) is 21.0. The summed E-state index contributed by atoms with van der Waals surface area (Å²) in [7, 11) is 0. The minimum atomic E-state index is 1.15. The lowest BCUT2D eigenvalue weighted by Gasteiger charge is -2.40. The average Bonchev–Trinajstić information content (AvgIpc) is 3.77. The largest absolute Gasteiger partial charge is 0.0530 e. The van der Waals surface area contributed by atoms with Crippen molar-refractivity contribution in [2.24, 2.45) is 107 Å². The Morgan fingerprint density at radius 3 is 0.522 bits per heavy atom. The van der Waals surface area contributed by atoms with E-state index in [1.807, 2.05) is 0 Å². The molecule has 0 aromatic heterocycles. The Bertz CT molecular complexity index is 1210. The third kappa shape index (κ3) is 16.5. The minimum Gasteiger partial charge on any atom is -0.0530 e. The predicted octanol–water partition coefficient (Wildman–Crippen LogP) is 22.1. The Morgan fingerprint density at radius 2 is 0.290 bits per heavy atom. The number of hydrogen-bond acceptors (Lipinski definition) is 0. The molecule has 8 unspecified atom stereocenters. The maximum absolute atomic E-state index is 1.58. The van der Waals surface area contributed by atoms with Crippen LogP contribution in [-0.2, 0) is 0 Å². The predicted molar refractivity (Wildman–Crippen MR) is 298 cm³/mol. The summed E-state index contributed by atoms with van der Waals surface area (Å²) in [5.74, 6) is 21.2. The zero-order valence-corrected chi connectivity index (χ0v) is 46.5. The molecule has 0 N–H and O–H groups in total. The topological polar surface area (TPSA) is 0 Å². The van der Waals surface area contributed by atoms with Gasteiger partial charge in [0.15, 0.2) is 0 Å². The summed E-state index contributed by atoms with van der Waals surface area (Å²) < 4.78 is 0. The van der Waals surface area contributed by atoms with Gasteiger partial charge in [-0.05, 0) is 177 Å². The SMILES string of the molecule is C1CC2CC(C1)C2.C1CC2CCC(C1)C2.C1CC2CCC1C2.C1CC2CCC1CC2.C1CC2CCCC2C1.C1CCC2CC(C1)C2.C1CCC2CC2C1.C1CCC2CCC2C1.C1CCC2CCC2C1. The van der Waals surface area contributed by atoms with Crippen LogP contribution >= 0.6 is 0 Å². The van der Waals surface area contributed by atoms with E-state index in [1.165, 1.54) is 160 Å². The van der Waals surface area contributed by atoms with Crippen LogP contribution in [0.15, 0.2) is 0 Å². The molecule has 21 aliphatic rings. The van der Waals surface area contributed by atoms with Crippen LogP contribution in [0.3, 0.4) is 0 Å². The molecule has 21 rings (SSSR count). The molecule has 0 aliphatic heterocycles. The highest BCUT2D eigenvalue weighted by Gasteiger charge is 2.38. The van der Waals surface area contributed by atoms with Crippen LogP contribution in [0.25, 0.3) is 0 Å². The van der Waals surface area contributed by atoms with Crippen molar-refractivity contribution in [1.82, 2.24) is 0 Å². The summed E-state index contributed by atoms with van der Waals surface area (Å²) in [6.07, 6.45) is 79.3. The molecular weight excluding hydrogens is 829 g/mol. The zero-order chi connectivity index (χ0) is 46.5. The zero-order valence-electron chi connectivity index (χ0n) is 46.5. The van der Waals surface area contributed by atoms with Crippen molar-refractivity contribution in [3.8, 4) is 0 Å². The maximum Gasteiger partial charge on any atom is -0.0383 e. The summed E-state index contributed by atoms with van der Waals surface area (Å²) in [6, 6.07) is 0. The quantitative estimate of drug-likeness (QED) is 0.227. The van der Waals surface area contributed by atoms with Gasteiger partial charge in [-0.2, -0.15) is 0 Å². The summed E-state index contributed by atoms with van der Waals surface area (Å²) >= 11 is 0. The van der Waals surface area contributed by atoms with Gasteiger partial charge in [-0.15, -0.1) is 0 Å². The highest BCUT2D eigenvalue weighted by atomic mass is 14.4. The van der Waals surface area contributed by atoms with Crippen LogP contribution in [0.1, 0.15) is 327 Å². The van der Waals surface area contributed by atoms with Gasteiger partial charge in [0.2, 0.25) is 0 Å². The molecule has 8 atom stereocenters. The van der Waals surface area contributed by atoms with Crippen LogP contribution in [-0.4, -0.2) is 0 Å². The standard InChI is InChI=1S/6C8H14.3C7H12/c1-3-7-5-2-6-8(7)4-1;1-2-8-5-3-7(1)4-6-8;1-2-7-4-5-8(3-1)6-7;1-2-4-8-5-7(3-1)6-8;2*1-2-4-8-6-5-7(8)3-1;1-2-7-4-3-6(1)5-7;1-2-6-4-7(3-1)5-6;1-2-4-7-5-6(7)3-1/h6*7-8H,1-6H2;3*6-7H,1-5H2. The first kappa shape index (κ1) is 52.4. The summed E-state index contributed by atoms with van der Waals surface area (Å²) in [4.78, 5) is 0. The maximum atomic E-state index is 1.58. The highest BCUT2D eigenvalue weighted by Crippen LogP contribution is 2.50. The molecule has 0 nitrogen and oxygen atoms in total. The first-order chi connectivity index (χ1) is 34.1. The Morgan fingerprint density at radius 1 is 0.101 bits per heavy atom. The molecule has 0 heterocycles. The molecule has 0 aromatic carbocycles. The lowest BCUT2D eigenvalue weighted by atomic mass is 9.65. The van der Waals surface area contributed by atoms with Crippen LogP contribution in [0, 0.1) is 107 Å². The van der Waals surface area contributed by atoms with E-state index in [0.29, 0.717) is 0 Å². The van der Waals surface area contributed by atoms with Gasteiger partial charge in [0.05, 0.1) is 0 Å². The van der Waals surface area contributed by atoms with Gasteiger partial charge in [0.1, 0.15) is 0 Å². The van der Waals surface area contributed by atoms with Crippen molar-refractivity contribution in [3.63, 3.8) is 0 Å². The molecule has 0 amide bonds. The number of rotatable bonds is 0. The van der Waals surface area contributed by atoms with Crippen molar-refractivity contribution in [2.45, 2.75) is 327 Å². The van der Waals surface area contributed by atoms with Gasteiger partial charge in [-0.1, -0.05) is 257 Å². The van der Waals surface area contributed by atoms with Gasteiger partial charge in [0, 0.05) is 0 Å².